The summed E-state index contributed by atoms with van der Waals surface area (Å²) in [5.41, 5.74) is -0.451. The first-order valence-electron chi connectivity index (χ1n) is 7.99. The zero-order valence-corrected chi connectivity index (χ0v) is 13.7. The maximum atomic E-state index is 11.8. The molecule has 0 spiro atoms. The van der Waals surface area contributed by atoms with Gasteiger partial charge in [0.2, 0.25) is 0 Å². The Kier molecular flexibility index (Phi) is 5.76. The fourth-order valence-electron chi connectivity index (χ4n) is 2.73. The van der Waals surface area contributed by atoms with Crippen molar-refractivity contribution in [2.24, 2.45) is 0 Å². The fourth-order valence-corrected chi connectivity index (χ4v) is 2.73. The Labute approximate surface area is 131 Å². The van der Waals surface area contributed by atoms with E-state index in [-0.39, 0.29) is 12.1 Å². The van der Waals surface area contributed by atoms with Crippen LogP contribution in [0.2, 0.25) is 0 Å². The second-order valence-corrected chi connectivity index (χ2v) is 6.84. The maximum absolute atomic E-state index is 11.8. The summed E-state index contributed by atoms with van der Waals surface area (Å²) in [6.45, 7) is 6.49. The van der Waals surface area contributed by atoms with Crippen LogP contribution in [0.25, 0.3) is 0 Å². The van der Waals surface area contributed by atoms with E-state index >= 15 is 0 Å². The van der Waals surface area contributed by atoms with E-state index in [0.29, 0.717) is 6.04 Å². The number of ether oxygens (including phenoxy) is 1. The van der Waals surface area contributed by atoms with Crippen molar-refractivity contribution in [3.8, 4) is 0 Å². The zero-order valence-electron chi connectivity index (χ0n) is 13.7. The average Bonchev–Trinajstić information content (AvgIpc) is 2.90. The number of carbonyl (C=O) groups excluding carboxylic acids is 1. The highest BCUT2D eigenvalue weighted by Gasteiger charge is 2.25. The van der Waals surface area contributed by atoms with Crippen molar-refractivity contribution in [2.45, 2.75) is 70.6 Å². The van der Waals surface area contributed by atoms with Gasteiger partial charge in [0.25, 0.3) is 0 Å². The molecule has 0 radical (unpaired) electrons. The van der Waals surface area contributed by atoms with E-state index < -0.39 is 5.60 Å². The van der Waals surface area contributed by atoms with Crippen LogP contribution >= 0.6 is 0 Å². The van der Waals surface area contributed by atoms with Gasteiger partial charge in [-0.2, -0.15) is 5.10 Å². The minimum atomic E-state index is -0.451. The molecule has 1 amide bonds. The van der Waals surface area contributed by atoms with E-state index in [1.807, 2.05) is 20.8 Å². The molecule has 2 rings (SSSR count). The second-order valence-electron chi connectivity index (χ2n) is 6.84. The highest BCUT2D eigenvalue weighted by molar-refractivity contribution is 5.68. The summed E-state index contributed by atoms with van der Waals surface area (Å²) in [4.78, 5) is 15.9. The lowest BCUT2D eigenvalue weighted by molar-refractivity contribution is 0.0489. The predicted molar refractivity (Wildman–Crippen MR) is 83.5 cm³/mol. The highest BCUT2D eigenvalue weighted by atomic mass is 16.6. The summed E-state index contributed by atoms with van der Waals surface area (Å²) in [5.74, 6) is 0.895. The summed E-state index contributed by atoms with van der Waals surface area (Å²) in [5, 5.41) is 13.2. The Balaban J connectivity index is 1.68. The van der Waals surface area contributed by atoms with Crippen molar-refractivity contribution in [3.05, 3.63) is 12.2 Å². The number of carbonyl (C=O) groups is 1. The number of nitrogens with one attached hydrogen (secondary N) is 3. The number of hydrogen-bond acceptors (Lipinski definition) is 5. The fraction of sp³-hybridized carbons (Fsp3) is 0.800. The van der Waals surface area contributed by atoms with Crippen LogP contribution in [-0.4, -0.2) is 45.5 Å². The van der Waals surface area contributed by atoms with Crippen LogP contribution < -0.4 is 10.6 Å². The number of amides is 1. The van der Waals surface area contributed by atoms with Gasteiger partial charge in [-0.3, -0.25) is 5.10 Å². The van der Waals surface area contributed by atoms with Crippen molar-refractivity contribution in [1.82, 2.24) is 25.8 Å². The minimum Gasteiger partial charge on any atom is -0.444 e. The molecule has 1 saturated carbocycles. The van der Waals surface area contributed by atoms with E-state index in [1.165, 1.54) is 6.33 Å². The van der Waals surface area contributed by atoms with Gasteiger partial charge in [0.1, 0.15) is 17.8 Å². The molecule has 1 aromatic rings. The maximum Gasteiger partial charge on any atom is 0.407 e. The van der Waals surface area contributed by atoms with Gasteiger partial charge in [-0.25, -0.2) is 9.78 Å². The SMILES string of the molecule is CC(C)(C)OC(=O)NC1CCCC(NCCc2ncn[nH]2)C1. The summed E-state index contributed by atoms with van der Waals surface area (Å²) < 4.78 is 5.32. The molecule has 7 heteroatoms. The van der Waals surface area contributed by atoms with Crippen molar-refractivity contribution in [3.63, 3.8) is 0 Å². The Hall–Kier alpha value is -1.63. The molecule has 124 valence electrons. The molecule has 2 atom stereocenters. The normalized spacial score (nSPS) is 22.3. The molecule has 2 unspecified atom stereocenters. The van der Waals surface area contributed by atoms with Crippen LogP contribution in [0.5, 0.6) is 0 Å². The lowest BCUT2D eigenvalue weighted by Crippen LogP contribution is -2.46. The Morgan fingerprint density at radius 2 is 2.18 bits per heavy atom. The van der Waals surface area contributed by atoms with Gasteiger partial charge in [0.15, 0.2) is 0 Å². The van der Waals surface area contributed by atoms with E-state index in [9.17, 15) is 4.79 Å². The molecule has 0 saturated heterocycles. The Morgan fingerprint density at radius 1 is 1.41 bits per heavy atom. The monoisotopic (exact) mass is 309 g/mol. The molecule has 3 N–H and O–H groups in total. The van der Waals surface area contributed by atoms with Gasteiger partial charge in [0, 0.05) is 25.0 Å². The summed E-state index contributed by atoms with van der Waals surface area (Å²) in [6.07, 6.45) is 6.25. The number of nitrogens with zero attached hydrogens (tertiary/aromatic N) is 2. The van der Waals surface area contributed by atoms with E-state index in [4.69, 9.17) is 4.74 Å². The first kappa shape index (κ1) is 16.7. The van der Waals surface area contributed by atoms with E-state index in [1.54, 1.807) is 0 Å². The molecule has 0 aromatic carbocycles. The third-order valence-corrected chi connectivity index (χ3v) is 3.65. The second kappa shape index (κ2) is 7.58. The van der Waals surface area contributed by atoms with Crippen LogP contribution in [-0.2, 0) is 11.2 Å². The Morgan fingerprint density at radius 3 is 2.86 bits per heavy atom. The van der Waals surface area contributed by atoms with Crippen LogP contribution in [0.4, 0.5) is 4.79 Å². The lowest BCUT2D eigenvalue weighted by Gasteiger charge is -2.31. The molecule has 1 aromatic heterocycles. The molecular formula is C15H27N5O2. The summed E-state index contributed by atoms with van der Waals surface area (Å²) >= 11 is 0. The number of aromatic nitrogens is 3. The van der Waals surface area contributed by atoms with Gasteiger partial charge in [-0.15, -0.1) is 0 Å². The van der Waals surface area contributed by atoms with Crippen molar-refractivity contribution in [2.75, 3.05) is 6.54 Å². The van der Waals surface area contributed by atoms with E-state index in [0.717, 1.165) is 44.5 Å². The third-order valence-electron chi connectivity index (χ3n) is 3.65. The quantitative estimate of drug-likeness (QED) is 0.771. The summed E-state index contributed by atoms with van der Waals surface area (Å²) in [7, 11) is 0. The van der Waals surface area contributed by atoms with Crippen LogP contribution in [0.15, 0.2) is 6.33 Å². The topological polar surface area (TPSA) is 91.9 Å². The molecule has 1 aliphatic rings. The molecular weight excluding hydrogens is 282 g/mol. The zero-order chi connectivity index (χ0) is 16.0. The Bertz CT molecular complexity index is 455. The van der Waals surface area contributed by atoms with Gasteiger partial charge < -0.3 is 15.4 Å². The smallest absolute Gasteiger partial charge is 0.407 e. The lowest BCUT2D eigenvalue weighted by atomic mass is 9.91. The van der Waals surface area contributed by atoms with Gasteiger partial charge in [-0.1, -0.05) is 0 Å². The van der Waals surface area contributed by atoms with Crippen molar-refractivity contribution in [1.29, 1.82) is 0 Å². The van der Waals surface area contributed by atoms with Crippen molar-refractivity contribution < 1.29 is 9.53 Å². The largest absolute Gasteiger partial charge is 0.444 e. The highest BCUT2D eigenvalue weighted by Crippen LogP contribution is 2.19. The number of aromatic amines is 1. The number of hydrogen-bond donors (Lipinski definition) is 3. The number of alkyl carbamates (subject to hydrolysis) is 1. The number of rotatable bonds is 5. The first-order chi connectivity index (χ1) is 10.4. The van der Waals surface area contributed by atoms with Crippen LogP contribution in [0, 0.1) is 0 Å². The molecule has 0 aliphatic heterocycles. The van der Waals surface area contributed by atoms with Gasteiger partial charge in [-0.05, 0) is 46.5 Å². The number of H-pyrrole nitrogens is 1. The van der Waals surface area contributed by atoms with Gasteiger partial charge in [0.05, 0.1) is 0 Å². The van der Waals surface area contributed by atoms with Crippen molar-refractivity contribution >= 4 is 6.09 Å². The first-order valence-corrected chi connectivity index (χ1v) is 7.99. The third kappa shape index (κ3) is 6.01. The molecule has 1 fully saturated rings. The van der Waals surface area contributed by atoms with Gasteiger partial charge >= 0.3 is 6.09 Å². The predicted octanol–water partition coefficient (Wildman–Crippen LogP) is 1.77. The summed E-state index contributed by atoms with van der Waals surface area (Å²) in [6, 6.07) is 0.614. The minimum absolute atomic E-state index is 0.186. The van der Waals surface area contributed by atoms with Crippen LogP contribution in [0.1, 0.15) is 52.3 Å². The van der Waals surface area contributed by atoms with E-state index in [2.05, 4.69) is 25.8 Å². The molecule has 1 aliphatic carbocycles. The molecule has 7 nitrogen and oxygen atoms in total. The average molecular weight is 309 g/mol. The van der Waals surface area contributed by atoms with Crippen LogP contribution in [0.3, 0.4) is 0 Å². The standard InChI is InChI=1S/C15H27N5O2/c1-15(2,3)22-14(21)19-12-6-4-5-11(9-12)16-8-7-13-17-10-18-20-13/h10-12,16H,4-9H2,1-3H3,(H,19,21)(H,17,18,20). The molecule has 0 bridgehead atoms. The molecule has 22 heavy (non-hydrogen) atoms. The molecule has 1 heterocycles.